The van der Waals surface area contributed by atoms with Gasteiger partial charge in [-0.15, -0.1) is 0 Å². The number of nitrogens with one attached hydrogen (secondary N) is 2. The average molecular weight is 464 g/mol. The van der Waals surface area contributed by atoms with Crippen LogP contribution in [0.15, 0.2) is 66.0 Å². The fourth-order valence-corrected chi connectivity index (χ4v) is 4.79. The summed E-state index contributed by atoms with van der Waals surface area (Å²) in [4.78, 5) is 22.3. The third-order valence-corrected chi connectivity index (χ3v) is 6.72. The van der Waals surface area contributed by atoms with Crippen molar-refractivity contribution in [2.45, 2.75) is 17.4 Å². The second-order valence-electron chi connectivity index (χ2n) is 7.96. The first-order valence-electron chi connectivity index (χ1n) is 10.6. The van der Waals surface area contributed by atoms with E-state index < -0.39 is 10.8 Å². The Bertz CT molecular complexity index is 1360. The molecule has 0 spiro atoms. The molecular weight excluding hydrogens is 441 g/mol. The van der Waals surface area contributed by atoms with Gasteiger partial charge in [-0.05, 0) is 31.2 Å². The summed E-state index contributed by atoms with van der Waals surface area (Å²) < 4.78 is 28.2. The third-order valence-electron chi connectivity index (χ3n) is 5.78. The van der Waals surface area contributed by atoms with Gasteiger partial charge in [0, 0.05) is 59.5 Å². The van der Waals surface area contributed by atoms with Gasteiger partial charge in [0.05, 0.1) is 21.2 Å². The average Bonchev–Trinajstić information content (AvgIpc) is 3.47. The second kappa shape index (κ2) is 8.84. The summed E-state index contributed by atoms with van der Waals surface area (Å²) in [6.07, 6.45) is 7.33. The number of aromatic nitrogens is 3. The summed E-state index contributed by atoms with van der Waals surface area (Å²) in [6.45, 7) is 1.64. The zero-order valence-corrected chi connectivity index (χ0v) is 18.7. The minimum absolute atomic E-state index is 0.105. The van der Waals surface area contributed by atoms with Gasteiger partial charge in [-0.2, -0.15) is 0 Å². The summed E-state index contributed by atoms with van der Waals surface area (Å²) >= 11 is 0. The molecule has 0 radical (unpaired) electrons. The molecule has 0 bridgehead atoms. The standard InChI is InChI=1S/C24H22FN5O2S/c1-33(32)22-14-30(24-27-11-16(12-28-24)18-4-2-3-5-20(18)25)21-10-15(6-7-19(21)22)23(31)29-17-8-9-26-13-17/h2-7,10-12,14,17,26H,8-9,13H2,1H3,(H,29,31). The topological polar surface area (TPSA) is 88.9 Å². The summed E-state index contributed by atoms with van der Waals surface area (Å²) in [6, 6.07) is 11.8. The molecule has 1 amide bonds. The molecule has 33 heavy (non-hydrogen) atoms. The lowest BCUT2D eigenvalue weighted by atomic mass is 10.1. The minimum Gasteiger partial charge on any atom is -0.348 e. The Hall–Kier alpha value is -3.43. The van der Waals surface area contributed by atoms with Crippen molar-refractivity contribution in [1.82, 2.24) is 25.2 Å². The maximum absolute atomic E-state index is 14.1. The van der Waals surface area contributed by atoms with E-state index in [0.29, 0.717) is 33.1 Å². The van der Waals surface area contributed by atoms with Gasteiger partial charge in [0.1, 0.15) is 5.82 Å². The lowest BCUT2D eigenvalue weighted by Crippen LogP contribution is -2.36. The first kappa shape index (κ1) is 21.4. The van der Waals surface area contributed by atoms with Crippen LogP contribution in [0, 0.1) is 5.82 Å². The lowest BCUT2D eigenvalue weighted by Gasteiger charge is -2.12. The first-order chi connectivity index (χ1) is 16.0. The molecule has 7 nitrogen and oxygen atoms in total. The van der Waals surface area contributed by atoms with E-state index >= 15 is 0 Å². The molecule has 1 aliphatic heterocycles. The SMILES string of the molecule is CS(=O)c1cn(-c2ncc(-c3ccccc3F)cn2)c2cc(C(=O)NC3CCNC3)ccc12. The van der Waals surface area contributed by atoms with Crippen molar-refractivity contribution in [1.29, 1.82) is 0 Å². The monoisotopic (exact) mass is 463 g/mol. The van der Waals surface area contributed by atoms with E-state index in [1.165, 1.54) is 6.07 Å². The van der Waals surface area contributed by atoms with E-state index in [-0.39, 0.29) is 17.8 Å². The molecule has 4 aromatic rings. The normalized spacial score (nSPS) is 16.7. The van der Waals surface area contributed by atoms with Crippen LogP contribution in [0.25, 0.3) is 28.0 Å². The Labute approximate surface area is 192 Å². The van der Waals surface area contributed by atoms with Crippen LogP contribution >= 0.6 is 0 Å². The Kier molecular flexibility index (Phi) is 5.74. The number of carbonyl (C=O) groups excluding carboxylic acids is 1. The van der Waals surface area contributed by atoms with E-state index in [4.69, 9.17) is 0 Å². The van der Waals surface area contributed by atoms with Crippen molar-refractivity contribution >= 4 is 27.6 Å². The lowest BCUT2D eigenvalue weighted by molar-refractivity contribution is 0.0940. The zero-order chi connectivity index (χ0) is 22.9. The highest BCUT2D eigenvalue weighted by Crippen LogP contribution is 2.28. The number of amides is 1. The summed E-state index contributed by atoms with van der Waals surface area (Å²) in [7, 11) is -1.25. The third kappa shape index (κ3) is 4.17. The largest absolute Gasteiger partial charge is 0.348 e. The van der Waals surface area contributed by atoms with Crippen molar-refractivity contribution in [3.63, 3.8) is 0 Å². The highest BCUT2D eigenvalue weighted by atomic mass is 32.2. The number of nitrogens with zero attached hydrogens (tertiary/aromatic N) is 3. The number of hydrogen-bond acceptors (Lipinski definition) is 5. The molecule has 9 heteroatoms. The fraction of sp³-hybridized carbons (Fsp3) is 0.208. The number of benzene rings is 2. The summed E-state index contributed by atoms with van der Waals surface area (Å²) in [5.41, 5.74) is 2.15. The predicted octanol–water partition coefficient (Wildman–Crippen LogP) is 3.06. The molecular formula is C24H22FN5O2S. The van der Waals surface area contributed by atoms with Gasteiger partial charge in [0.15, 0.2) is 0 Å². The molecule has 2 atom stereocenters. The van der Waals surface area contributed by atoms with Crippen LogP contribution < -0.4 is 10.6 Å². The number of rotatable bonds is 5. The molecule has 1 aliphatic rings. The number of halogens is 1. The minimum atomic E-state index is -1.25. The molecule has 168 valence electrons. The Morgan fingerprint density at radius 2 is 2.00 bits per heavy atom. The summed E-state index contributed by atoms with van der Waals surface area (Å²) in [5.74, 6) is -0.167. The maximum atomic E-state index is 14.1. The maximum Gasteiger partial charge on any atom is 0.251 e. The Morgan fingerprint density at radius 3 is 2.70 bits per heavy atom. The molecule has 0 saturated carbocycles. The van der Waals surface area contributed by atoms with Crippen molar-refractivity contribution in [3.05, 3.63) is 72.4 Å². The van der Waals surface area contributed by atoms with Crippen LogP contribution in [-0.2, 0) is 10.8 Å². The van der Waals surface area contributed by atoms with E-state index in [0.717, 1.165) is 24.9 Å². The zero-order valence-electron chi connectivity index (χ0n) is 17.9. The van der Waals surface area contributed by atoms with Gasteiger partial charge in [-0.25, -0.2) is 14.4 Å². The van der Waals surface area contributed by atoms with Crippen LogP contribution in [0.2, 0.25) is 0 Å². The van der Waals surface area contributed by atoms with Gasteiger partial charge in [-0.3, -0.25) is 13.6 Å². The van der Waals surface area contributed by atoms with Crippen LogP contribution in [0.3, 0.4) is 0 Å². The molecule has 1 saturated heterocycles. The summed E-state index contributed by atoms with van der Waals surface area (Å²) in [5, 5.41) is 7.04. The molecule has 0 aliphatic carbocycles. The highest BCUT2D eigenvalue weighted by Gasteiger charge is 2.20. The van der Waals surface area contributed by atoms with E-state index in [2.05, 4.69) is 20.6 Å². The highest BCUT2D eigenvalue weighted by molar-refractivity contribution is 7.84. The Balaban J connectivity index is 1.54. The van der Waals surface area contributed by atoms with Crippen molar-refractivity contribution in [2.75, 3.05) is 19.3 Å². The molecule has 2 aromatic heterocycles. The Morgan fingerprint density at radius 1 is 1.21 bits per heavy atom. The van der Waals surface area contributed by atoms with Gasteiger partial charge < -0.3 is 10.6 Å². The fourth-order valence-electron chi connectivity index (χ4n) is 4.06. The van der Waals surface area contributed by atoms with Crippen LogP contribution in [0.5, 0.6) is 0 Å². The molecule has 5 rings (SSSR count). The van der Waals surface area contributed by atoms with Gasteiger partial charge >= 0.3 is 0 Å². The smallest absolute Gasteiger partial charge is 0.251 e. The van der Waals surface area contributed by atoms with Crippen LogP contribution in [-0.4, -0.2) is 50.0 Å². The first-order valence-corrected chi connectivity index (χ1v) is 12.1. The molecule has 2 N–H and O–H groups in total. The van der Waals surface area contributed by atoms with E-state index in [1.54, 1.807) is 65.8 Å². The second-order valence-corrected chi connectivity index (χ2v) is 9.31. The number of hydrogen-bond donors (Lipinski definition) is 2. The van der Waals surface area contributed by atoms with Crippen LogP contribution in [0.1, 0.15) is 16.8 Å². The van der Waals surface area contributed by atoms with Crippen LogP contribution in [0.4, 0.5) is 4.39 Å². The van der Waals surface area contributed by atoms with Crippen molar-refractivity contribution in [3.8, 4) is 17.1 Å². The van der Waals surface area contributed by atoms with Gasteiger partial charge in [-0.1, -0.05) is 24.3 Å². The molecule has 2 aromatic carbocycles. The number of carbonyl (C=O) groups is 1. The van der Waals surface area contributed by atoms with Gasteiger partial charge in [0.25, 0.3) is 5.91 Å². The predicted molar refractivity (Wildman–Crippen MR) is 125 cm³/mol. The van der Waals surface area contributed by atoms with Gasteiger partial charge in [0.2, 0.25) is 5.95 Å². The van der Waals surface area contributed by atoms with Crippen molar-refractivity contribution < 1.29 is 13.4 Å². The van der Waals surface area contributed by atoms with Crippen molar-refractivity contribution in [2.24, 2.45) is 0 Å². The number of fused-ring (bicyclic) bond motifs is 1. The quantitative estimate of drug-likeness (QED) is 0.475. The molecule has 2 unspecified atom stereocenters. The van der Waals surface area contributed by atoms with E-state index in [9.17, 15) is 13.4 Å². The molecule has 3 heterocycles. The van der Waals surface area contributed by atoms with E-state index in [1.807, 2.05) is 0 Å². The molecule has 1 fully saturated rings.